The number of phosphoric acid groups is 2. The molecule has 7 rings (SSSR count). The number of aromatic nitrogens is 7. The number of nitrogens with two attached hydrogens (primary N) is 2. The molecule has 0 spiro atoms. The van der Waals surface area contributed by atoms with E-state index in [1.165, 1.54) is 23.4 Å². The minimum absolute atomic E-state index is 0.00799. The number of nitrogens with one attached hydrogen (secondary N) is 1. The van der Waals surface area contributed by atoms with Gasteiger partial charge in [-0.3, -0.25) is 37.0 Å². The van der Waals surface area contributed by atoms with Crippen LogP contribution >= 0.6 is 15.6 Å². The average molecular weight is 641 g/mol. The first-order valence-electron chi connectivity index (χ1n) is 12.9. The number of hydrogen-bond acceptors (Lipinski definition) is 15. The molecule has 4 aromatic rings. The first-order chi connectivity index (χ1) is 20.5. The lowest BCUT2D eigenvalue weighted by atomic mass is 10.2. The van der Waals surface area contributed by atoms with Gasteiger partial charge in [-0.25, -0.2) is 24.1 Å². The molecule has 0 saturated carbocycles. The maximum atomic E-state index is 13.1. The number of nitrogen functional groups attached to an aromatic ring is 2. The standard InChI is InChI=1S/C21H25N9O11P2/c22-10-1-2-24-17-15(10)25-7-29(17)14-4-11-13(39-14)6-37-43(34,35)41-12-3-9(5-36-42(32,33)40-11)38-20(12)30-8-26-16-18(30)27-21(23)28-19(16)31/h1-2,7-9,11-14,20H,3-6H2,(H2,22,24)(H,32,33)(H,34,35)(H3,23,27,28,31)/t9-,11-,12+,13+,14+,20+/m0/s1. The second-order valence-corrected chi connectivity index (χ2v) is 12.9. The summed E-state index contributed by atoms with van der Waals surface area (Å²) in [5, 5.41) is 0. The van der Waals surface area contributed by atoms with E-state index in [0.717, 1.165) is 0 Å². The first-order valence-corrected chi connectivity index (χ1v) is 15.9. The van der Waals surface area contributed by atoms with E-state index in [2.05, 4.69) is 24.9 Å². The highest BCUT2D eigenvalue weighted by Crippen LogP contribution is 2.53. The van der Waals surface area contributed by atoms with Gasteiger partial charge in [0.1, 0.15) is 30.1 Å². The van der Waals surface area contributed by atoms with E-state index in [0.29, 0.717) is 16.9 Å². The Hall–Kier alpha value is -3.29. The van der Waals surface area contributed by atoms with Crippen LogP contribution in [0.4, 0.5) is 11.6 Å². The van der Waals surface area contributed by atoms with Crippen LogP contribution in [0.3, 0.4) is 0 Å². The maximum Gasteiger partial charge on any atom is 0.472 e. The van der Waals surface area contributed by atoms with Gasteiger partial charge >= 0.3 is 15.6 Å². The van der Waals surface area contributed by atoms with Crippen molar-refractivity contribution in [2.75, 3.05) is 24.7 Å². The summed E-state index contributed by atoms with van der Waals surface area (Å²) in [6.45, 7) is -1.03. The van der Waals surface area contributed by atoms with Crippen LogP contribution < -0.4 is 17.0 Å². The normalized spacial score (nSPS) is 35.4. The highest BCUT2D eigenvalue weighted by Gasteiger charge is 2.47. The van der Waals surface area contributed by atoms with Crippen LogP contribution in [0, 0.1) is 0 Å². The molecule has 2 bridgehead atoms. The number of phosphoric ester groups is 2. The van der Waals surface area contributed by atoms with Gasteiger partial charge in [0.15, 0.2) is 23.0 Å². The SMILES string of the molecule is Nc1nc2c(ncn2[C@@H]2O[C@@H]3COP(=O)(O)O[C@H]4C[C@H](n5cnc6c(N)ccnc65)O[C@@H]4COP(=O)(O)O[C@@H]2C3)c(=O)[nH]1. The van der Waals surface area contributed by atoms with Crippen molar-refractivity contribution in [3.05, 3.63) is 35.3 Å². The van der Waals surface area contributed by atoms with E-state index in [-0.39, 0.29) is 30.0 Å². The smallest absolute Gasteiger partial charge is 0.397 e. The summed E-state index contributed by atoms with van der Waals surface area (Å²) in [5.74, 6) is -0.196. The lowest BCUT2D eigenvalue weighted by Gasteiger charge is -2.25. The maximum absolute atomic E-state index is 13.1. The number of rotatable bonds is 2. The number of anilines is 2. The molecule has 3 saturated heterocycles. The quantitative estimate of drug-likeness (QED) is 0.184. The molecule has 8 atom stereocenters. The monoisotopic (exact) mass is 641 g/mol. The zero-order valence-corrected chi connectivity index (χ0v) is 23.7. The van der Waals surface area contributed by atoms with Gasteiger partial charge in [0.05, 0.1) is 37.7 Å². The summed E-state index contributed by atoms with van der Waals surface area (Å²) < 4.78 is 62.5. The molecule has 0 radical (unpaired) electrons. The molecule has 4 aromatic heterocycles. The third kappa shape index (κ3) is 5.35. The van der Waals surface area contributed by atoms with Crippen molar-refractivity contribution < 1.29 is 46.5 Å². The highest BCUT2D eigenvalue weighted by molar-refractivity contribution is 7.47. The lowest BCUT2D eigenvalue weighted by Crippen LogP contribution is -2.29. The van der Waals surface area contributed by atoms with E-state index in [1.54, 1.807) is 10.6 Å². The number of nitrogens with zero attached hydrogens (tertiary/aromatic N) is 6. The summed E-state index contributed by atoms with van der Waals surface area (Å²) in [6, 6.07) is 1.59. The molecule has 7 N–H and O–H groups in total. The van der Waals surface area contributed by atoms with E-state index < -0.39 is 71.3 Å². The van der Waals surface area contributed by atoms with Crippen molar-refractivity contribution in [1.29, 1.82) is 0 Å². The lowest BCUT2D eigenvalue weighted by molar-refractivity contribution is -0.0668. The Kier molecular flexibility index (Phi) is 6.90. The Morgan fingerprint density at radius 1 is 0.884 bits per heavy atom. The van der Waals surface area contributed by atoms with Crippen LogP contribution in [0.25, 0.3) is 22.3 Å². The zero-order valence-electron chi connectivity index (χ0n) is 21.9. The van der Waals surface area contributed by atoms with E-state index in [1.807, 2.05) is 0 Å². The fraction of sp³-hybridized carbons (Fsp3) is 0.476. The summed E-state index contributed by atoms with van der Waals surface area (Å²) in [4.78, 5) is 52.5. The molecule has 3 aliphatic rings. The molecule has 22 heteroatoms. The number of aromatic amines is 1. The predicted octanol–water partition coefficient (Wildman–Crippen LogP) is 0.322. The number of imidazole rings is 2. The van der Waals surface area contributed by atoms with Crippen molar-refractivity contribution in [3.8, 4) is 0 Å². The van der Waals surface area contributed by atoms with E-state index in [4.69, 9.17) is 39.0 Å². The van der Waals surface area contributed by atoms with Crippen molar-refractivity contribution in [3.63, 3.8) is 0 Å². The summed E-state index contributed by atoms with van der Waals surface area (Å²) >= 11 is 0. The fourth-order valence-corrected chi connectivity index (χ4v) is 7.24. The predicted molar refractivity (Wildman–Crippen MR) is 143 cm³/mol. The zero-order chi connectivity index (χ0) is 30.1. The molecule has 0 aromatic carbocycles. The van der Waals surface area contributed by atoms with Gasteiger partial charge in [0, 0.05) is 19.0 Å². The second-order valence-electron chi connectivity index (χ2n) is 10.1. The molecular weight excluding hydrogens is 616 g/mol. The number of ether oxygens (including phenoxy) is 2. The third-order valence-corrected chi connectivity index (χ3v) is 9.24. The molecule has 230 valence electrons. The number of fused-ring (bicyclic) bond motifs is 5. The van der Waals surface area contributed by atoms with Crippen LogP contribution in [-0.2, 0) is 36.7 Å². The highest BCUT2D eigenvalue weighted by atomic mass is 31.2. The molecular formula is C21H25N9O11P2. The molecule has 0 amide bonds. The van der Waals surface area contributed by atoms with Crippen LogP contribution in [-0.4, -0.2) is 81.5 Å². The number of hydrogen-bond donors (Lipinski definition) is 5. The average Bonchev–Trinajstić information content (AvgIpc) is 3.71. The molecule has 20 nitrogen and oxygen atoms in total. The third-order valence-electron chi connectivity index (χ3n) is 7.22. The minimum Gasteiger partial charge on any atom is -0.397 e. The number of pyridine rings is 1. The van der Waals surface area contributed by atoms with Crippen LogP contribution in [0.5, 0.6) is 0 Å². The van der Waals surface area contributed by atoms with Crippen LogP contribution in [0.15, 0.2) is 29.7 Å². The van der Waals surface area contributed by atoms with Crippen molar-refractivity contribution >= 4 is 49.6 Å². The molecule has 0 aliphatic carbocycles. The first kappa shape index (κ1) is 28.5. The van der Waals surface area contributed by atoms with Gasteiger partial charge in [0.25, 0.3) is 5.56 Å². The van der Waals surface area contributed by atoms with Crippen LogP contribution in [0.2, 0.25) is 0 Å². The Morgan fingerprint density at radius 3 is 2.42 bits per heavy atom. The number of H-pyrrole nitrogens is 1. The fourth-order valence-electron chi connectivity index (χ4n) is 5.34. The van der Waals surface area contributed by atoms with Crippen molar-refractivity contribution in [2.45, 2.75) is 49.7 Å². The van der Waals surface area contributed by atoms with E-state index >= 15 is 0 Å². The van der Waals surface area contributed by atoms with Crippen molar-refractivity contribution in [1.82, 2.24) is 34.1 Å². The van der Waals surface area contributed by atoms with Crippen LogP contribution in [0.1, 0.15) is 25.3 Å². The molecule has 2 unspecified atom stereocenters. The van der Waals surface area contributed by atoms with Gasteiger partial charge in [-0.05, 0) is 6.07 Å². The Morgan fingerprint density at radius 2 is 1.60 bits per heavy atom. The van der Waals surface area contributed by atoms with Gasteiger partial charge in [0.2, 0.25) is 5.95 Å². The Balaban J connectivity index is 1.17. The topological polar surface area (TPSA) is 276 Å². The van der Waals surface area contributed by atoms with Gasteiger partial charge < -0.3 is 30.7 Å². The molecule has 3 fully saturated rings. The largest absolute Gasteiger partial charge is 0.472 e. The van der Waals surface area contributed by atoms with Gasteiger partial charge in [-0.15, -0.1) is 0 Å². The van der Waals surface area contributed by atoms with Crippen molar-refractivity contribution in [2.24, 2.45) is 0 Å². The summed E-state index contributed by atoms with van der Waals surface area (Å²) in [5.41, 5.74) is 12.2. The minimum atomic E-state index is -4.81. The summed E-state index contributed by atoms with van der Waals surface area (Å²) in [6.07, 6.45) is -2.22. The van der Waals surface area contributed by atoms with Gasteiger partial charge in [-0.2, -0.15) is 4.98 Å². The molecule has 7 heterocycles. The van der Waals surface area contributed by atoms with E-state index in [9.17, 15) is 23.7 Å². The molecule has 3 aliphatic heterocycles. The Bertz CT molecular complexity index is 1860. The molecule has 43 heavy (non-hydrogen) atoms. The summed E-state index contributed by atoms with van der Waals surface area (Å²) in [7, 11) is -9.53. The van der Waals surface area contributed by atoms with Gasteiger partial charge in [-0.1, -0.05) is 0 Å². The second kappa shape index (κ2) is 10.4. The Labute approximate surface area is 240 Å².